The van der Waals surface area contributed by atoms with Gasteiger partial charge in [0.25, 0.3) is 5.91 Å². The summed E-state index contributed by atoms with van der Waals surface area (Å²) in [5.74, 6) is 0.932. The van der Waals surface area contributed by atoms with Crippen molar-refractivity contribution in [2.24, 2.45) is 5.92 Å². The van der Waals surface area contributed by atoms with E-state index >= 15 is 0 Å². The summed E-state index contributed by atoms with van der Waals surface area (Å²) < 4.78 is 5.55. The molecule has 0 aliphatic carbocycles. The van der Waals surface area contributed by atoms with Crippen LogP contribution in [0.5, 0.6) is 0 Å². The number of aryl methyl sites for hydroxylation is 2. The molecule has 0 saturated carbocycles. The van der Waals surface area contributed by atoms with Gasteiger partial charge in [-0.1, -0.05) is 19.9 Å². The number of benzene rings is 1. The molecular weight excluding hydrogens is 362 g/mol. The standard InChI is InChI=1S/C20H21N3O3S/c1-11(2)18(24)21-14-7-5-12(3)15(9-14)22-19(25)16-10-27-20(23-16)17-8-6-13(4)26-17/h5-11H,1-4H3,(H,21,24)(H,22,25). The van der Waals surface area contributed by atoms with E-state index < -0.39 is 0 Å². The Morgan fingerprint density at radius 2 is 1.89 bits per heavy atom. The summed E-state index contributed by atoms with van der Waals surface area (Å²) in [6.45, 7) is 7.40. The SMILES string of the molecule is Cc1ccc(-c2nc(C(=O)Nc3cc(NC(=O)C(C)C)ccc3C)cs2)o1. The number of aromatic nitrogens is 1. The van der Waals surface area contributed by atoms with Crippen molar-refractivity contribution in [3.8, 4) is 10.8 Å². The van der Waals surface area contributed by atoms with Gasteiger partial charge in [0.15, 0.2) is 10.8 Å². The van der Waals surface area contributed by atoms with E-state index in [1.807, 2.05) is 52.0 Å². The van der Waals surface area contributed by atoms with Crippen LogP contribution in [0.1, 0.15) is 35.7 Å². The number of hydrogen-bond acceptors (Lipinski definition) is 5. The summed E-state index contributed by atoms with van der Waals surface area (Å²) >= 11 is 1.35. The topological polar surface area (TPSA) is 84.2 Å². The Morgan fingerprint density at radius 1 is 1.11 bits per heavy atom. The molecule has 0 aliphatic rings. The second-order valence-electron chi connectivity index (χ2n) is 6.58. The zero-order chi connectivity index (χ0) is 19.6. The van der Waals surface area contributed by atoms with Crippen LogP contribution in [0, 0.1) is 19.8 Å². The van der Waals surface area contributed by atoms with Crippen LogP contribution in [0.25, 0.3) is 10.8 Å². The molecule has 0 atom stereocenters. The highest BCUT2D eigenvalue weighted by Crippen LogP contribution is 2.27. The molecule has 1 aromatic carbocycles. The molecule has 0 bridgehead atoms. The van der Waals surface area contributed by atoms with Gasteiger partial charge in [0.1, 0.15) is 11.5 Å². The predicted octanol–water partition coefficient (Wildman–Crippen LogP) is 4.87. The number of thiazole rings is 1. The fourth-order valence-electron chi connectivity index (χ4n) is 2.35. The molecule has 27 heavy (non-hydrogen) atoms. The lowest BCUT2D eigenvalue weighted by molar-refractivity contribution is -0.118. The number of rotatable bonds is 5. The third-order valence-electron chi connectivity index (χ3n) is 3.97. The lowest BCUT2D eigenvalue weighted by Gasteiger charge is -2.12. The number of amides is 2. The first-order valence-electron chi connectivity index (χ1n) is 8.58. The highest BCUT2D eigenvalue weighted by Gasteiger charge is 2.15. The van der Waals surface area contributed by atoms with Crippen molar-refractivity contribution in [3.63, 3.8) is 0 Å². The Bertz CT molecular complexity index is 988. The minimum absolute atomic E-state index is 0.0750. The number of hydrogen-bond donors (Lipinski definition) is 2. The van der Waals surface area contributed by atoms with Crippen molar-refractivity contribution in [2.45, 2.75) is 27.7 Å². The molecule has 0 spiro atoms. The molecule has 2 N–H and O–H groups in total. The normalized spacial score (nSPS) is 10.9. The lowest BCUT2D eigenvalue weighted by Crippen LogP contribution is -2.18. The van der Waals surface area contributed by atoms with Gasteiger partial charge < -0.3 is 15.1 Å². The van der Waals surface area contributed by atoms with E-state index in [0.717, 1.165) is 11.3 Å². The van der Waals surface area contributed by atoms with Gasteiger partial charge in [-0.3, -0.25) is 9.59 Å². The smallest absolute Gasteiger partial charge is 0.275 e. The van der Waals surface area contributed by atoms with Crippen LogP contribution in [0.4, 0.5) is 11.4 Å². The minimum Gasteiger partial charge on any atom is -0.459 e. The second-order valence-corrected chi connectivity index (χ2v) is 7.43. The molecule has 0 radical (unpaired) electrons. The average Bonchev–Trinajstić information content (AvgIpc) is 3.26. The summed E-state index contributed by atoms with van der Waals surface area (Å²) in [5.41, 5.74) is 2.48. The maximum absolute atomic E-state index is 12.6. The van der Waals surface area contributed by atoms with Gasteiger partial charge in [-0.25, -0.2) is 4.98 Å². The molecule has 3 rings (SSSR count). The Labute approximate surface area is 161 Å². The van der Waals surface area contributed by atoms with E-state index in [0.29, 0.717) is 27.8 Å². The third kappa shape index (κ3) is 4.43. The van der Waals surface area contributed by atoms with Crippen molar-refractivity contribution in [1.82, 2.24) is 4.98 Å². The summed E-state index contributed by atoms with van der Waals surface area (Å²) in [7, 11) is 0. The highest BCUT2D eigenvalue weighted by molar-refractivity contribution is 7.13. The third-order valence-corrected chi connectivity index (χ3v) is 4.82. The monoisotopic (exact) mass is 383 g/mol. The van der Waals surface area contributed by atoms with E-state index in [4.69, 9.17) is 4.42 Å². The van der Waals surface area contributed by atoms with Crippen LogP contribution in [0.3, 0.4) is 0 Å². The minimum atomic E-state index is -0.309. The van der Waals surface area contributed by atoms with Crippen LogP contribution in [-0.4, -0.2) is 16.8 Å². The molecule has 2 heterocycles. The van der Waals surface area contributed by atoms with Gasteiger partial charge in [-0.15, -0.1) is 11.3 Å². The summed E-state index contributed by atoms with van der Waals surface area (Å²) in [5, 5.41) is 8.05. The first-order valence-corrected chi connectivity index (χ1v) is 9.46. The first-order chi connectivity index (χ1) is 12.8. The Kier molecular flexibility index (Phi) is 5.41. The van der Waals surface area contributed by atoms with Crippen LogP contribution < -0.4 is 10.6 Å². The van der Waals surface area contributed by atoms with Gasteiger partial charge in [0.05, 0.1) is 0 Å². The number of anilines is 2. The Balaban J connectivity index is 1.76. The lowest BCUT2D eigenvalue weighted by atomic mass is 10.1. The van der Waals surface area contributed by atoms with Gasteiger partial charge in [0, 0.05) is 22.7 Å². The fourth-order valence-corrected chi connectivity index (χ4v) is 3.11. The van der Waals surface area contributed by atoms with Crippen molar-refractivity contribution < 1.29 is 14.0 Å². The molecule has 140 valence electrons. The van der Waals surface area contributed by atoms with Crippen LogP contribution in [-0.2, 0) is 4.79 Å². The molecule has 2 aromatic heterocycles. The van der Waals surface area contributed by atoms with E-state index in [-0.39, 0.29) is 17.7 Å². The van der Waals surface area contributed by atoms with E-state index in [2.05, 4.69) is 15.6 Å². The molecule has 3 aromatic rings. The number of nitrogens with one attached hydrogen (secondary N) is 2. The van der Waals surface area contributed by atoms with Gasteiger partial charge in [-0.05, 0) is 43.7 Å². The Morgan fingerprint density at radius 3 is 2.56 bits per heavy atom. The van der Waals surface area contributed by atoms with Gasteiger partial charge in [-0.2, -0.15) is 0 Å². The first kappa shape index (κ1) is 18.8. The second kappa shape index (κ2) is 7.75. The summed E-state index contributed by atoms with van der Waals surface area (Å²) in [6, 6.07) is 9.10. The molecule has 0 saturated heterocycles. The van der Waals surface area contributed by atoms with E-state index in [9.17, 15) is 9.59 Å². The zero-order valence-electron chi connectivity index (χ0n) is 15.6. The largest absolute Gasteiger partial charge is 0.459 e. The quantitative estimate of drug-likeness (QED) is 0.658. The Hall–Kier alpha value is -2.93. The number of furan rings is 1. The molecule has 7 heteroatoms. The van der Waals surface area contributed by atoms with Gasteiger partial charge in [0.2, 0.25) is 5.91 Å². The molecule has 6 nitrogen and oxygen atoms in total. The summed E-state index contributed by atoms with van der Waals surface area (Å²) in [4.78, 5) is 28.8. The van der Waals surface area contributed by atoms with Crippen molar-refractivity contribution in [2.75, 3.05) is 10.6 Å². The predicted molar refractivity (Wildman–Crippen MR) is 107 cm³/mol. The maximum Gasteiger partial charge on any atom is 0.275 e. The van der Waals surface area contributed by atoms with E-state index in [1.165, 1.54) is 11.3 Å². The molecule has 0 unspecified atom stereocenters. The van der Waals surface area contributed by atoms with Crippen LogP contribution >= 0.6 is 11.3 Å². The molecular formula is C20H21N3O3S. The van der Waals surface area contributed by atoms with Gasteiger partial charge >= 0.3 is 0 Å². The molecule has 0 aliphatic heterocycles. The molecule has 0 fully saturated rings. The van der Waals surface area contributed by atoms with E-state index in [1.54, 1.807) is 11.4 Å². The van der Waals surface area contributed by atoms with Crippen molar-refractivity contribution in [3.05, 3.63) is 52.7 Å². The number of carbonyl (C=O) groups excluding carboxylic acids is 2. The number of nitrogens with zero attached hydrogens (tertiary/aromatic N) is 1. The van der Waals surface area contributed by atoms with Crippen molar-refractivity contribution in [1.29, 1.82) is 0 Å². The summed E-state index contributed by atoms with van der Waals surface area (Å²) in [6.07, 6.45) is 0. The van der Waals surface area contributed by atoms with Crippen LogP contribution in [0.15, 0.2) is 40.1 Å². The highest BCUT2D eigenvalue weighted by atomic mass is 32.1. The average molecular weight is 383 g/mol. The van der Waals surface area contributed by atoms with Crippen LogP contribution in [0.2, 0.25) is 0 Å². The van der Waals surface area contributed by atoms with Crippen molar-refractivity contribution >= 4 is 34.5 Å². The molecule has 2 amide bonds. The zero-order valence-corrected chi connectivity index (χ0v) is 16.4. The maximum atomic E-state index is 12.6. The fraction of sp³-hybridized carbons (Fsp3) is 0.250. The number of carbonyl (C=O) groups is 2.